The third-order valence-corrected chi connectivity index (χ3v) is 6.38. The maximum Gasteiger partial charge on any atom is 0.242 e. The smallest absolute Gasteiger partial charge is 0.242 e. The highest BCUT2D eigenvalue weighted by molar-refractivity contribution is 5.95. The van der Waals surface area contributed by atoms with E-state index in [4.69, 9.17) is 4.74 Å². The number of hydrazine groups is 1. The molecule has 0 spiro atoms. The molecule has 2 aliphatic rings. The van der Waals surface area contributed by atoms with Gasteiger partial charge in [-0.05, 0) is 70.5 Å². The summed E-state index contributed by atoms with van der Waals surface area (Å²) in [6.07, 6.45) is 4.61. The fourth-order valence-corrected chi connectivity index (χ4v) is 4.55. The molecule has 8 nitrogen and oxygen atoms in total. The van der Waals surface area contributed by atoms with Gasteiger partial charge in [0, 0.05) is 30.5 Å². The number of rotatable bonds is 7. The summed E-state index contributed by atoms with van der Waals surface area (Å²) in [5, 5.41) is 7.48. The summed E-state index contributed by atoms with van der Waals surface area (Å²) in [5.41, 5.74) is 10.4. The maximum atomic E-state index is 12.7. The number of ether oxygens (including phenoxy) is 1. The summed E-state index contributed by atoms with van der Waals surface area (Å²) in [4.78, 5) is 15.2. The molecular weight excluding hydrogens is 392 g/mol. The van der Waals surface area contributed by atoms with E-state index in [1.54, 1.807) is 0 Å². The molecular formula is C23H34N6O2. The van der Waals surface area contributed by atoms with Gasteiger partial charge in [0.2, 0.25) is 5.91 Å². The first-order valence-electron chi connectivity index (χ1n) is 11.3. The maximum absolute atomic E-state index is 12.7. The molecule has 2 fully saturated rings. The summed E-state index contributed by atoms with van der Waals surface area (Å²) < 4.78 is 7.76. The number of benzene rings is 1. The quantitative estimate of drug-likeness (QED) is 0.631. The van der Waals surface area contributed by atoms with E-state index in [-0.39, 0.29) is 18.0 Å². The number of hydrogen-bond acceptors (Lipinski definition) is 6. The second-order valence-electron chi connectivity index (χ2n) is 8.60. The minimum Gasteiger partial charge on any atom is -0.492 e. The van der Waals surface area contributed by atoms with Crippen molar-refractivity contribution in [1.29, 1.82) is 0 Å². The lowest BCUT2D eigenvalue weighted by Gasteiger charge is -2.26. The average Bonchev–Trinajstić information content (AvgIpc) is 3.34. The number of piperidine rings is 1. The van der Waals surface area contributed by atoms with Crippen molar-refractivity contribution in [2.45, 2.75) is 51.6 Å². The number of anilines is 1. The van der Waals surface area contributed by atoms with Crippen molar-refractivity contribution in [3.8, 4) is 5.75 Å². The Morgan fingerprint density at radius 1 is 1.16 bits per heavy atom. The van der Waals surface area contributed by atoms with Crippen molar-refractivity contribution in [1.82, 2.24) is 25.5 Å². The Labute approximate surface area is 184 Å². The molecule has 4 rings (SSSR count). The third kappa shape index (κ3) is 5.26. The number of hydrogen-bond donors (Lipinski definition) is 3. The first-order valence-corrected chi connectivity index (χ1v) is 11.3. The van der Waals surface area contributed by atoms with E-state index in [2.05, 4.69) is 33.1 Å². The molecule has 1 aromatic heterocycles. The van der Waals surface area contributed by atoms with Gasteiger partial charge in [0.05, 0.1) is 11.7 Å². The molecule has 3 N–H and O–H groups in total. The lowest BCUT2D eigenvalue weighted by molar-refractivity contribution is -0.117. The lowest BCUT2D eigenvalue weighted by atomic mass is 10.00. The van der Waals surface area contributed by atoms with Crippen molar-refractivity contribution < 1.29 is 9.53 Å². The predicted molar refractivity (Wildman–Crippen MR) is 121 cm³/mol. The second-order valence-corrected chi connectivity index (χ2v) is 8.60. The Balaban J connectivity index is 1.25. The predicted octanol–water partition coefficient (Wildman–Crippen LogP) is 2.45. The zero-order chi connectivity index (χ0) is 21.8. The van der Waals surface area contributed by atoms with E-state index < -0.39 is 0 Å². The molecule has 168 valence electrons. The van der Waals surface area contributed by atoms with Crippen LogP contribution in [-0.4, -0.2) is 52.9 Å². The molecule has 0 saturated carbocycles. The number of aryl methyl sites for hydroxylation is 2. The molecule has 2 aromatic rings. The molecule has 2 aliphatic heterocycles. The highest BCUT2D eigenvalue weighted by atomic mass is 16.5. The average molecular weight is 427 g/mol. The number of carbonyl (C=O) groups excluding carboxylic acids is 1. The zero-order valence-electron chi connectivity index (χ0n) is 18.8. The first kappa shape index (κ1) is 21.8. The normalized spacial score (nSPS) is 21.9. The van der Waals surface area contributed by atoms with Crippen LogP contribution in [0.2, 0.25) is 0 Å². The molecule has 2 atom stereocenters. The van der Waals surface area contributed by atoms with Crippen LogP contribution in [0.1, 0.15) is 48.7 Å². The minimum absolute atomic E-state index is 0.0482. The molecule has 2 saturated heterocycles. The van der Waals surface area contributed by atoms with Crippen molar-refractivity contribution in [2.24, 2.45) is 7.05 Å². The standard InChI is InChI=1S/C23H34N6O2/c1-16-22(17(2)28(3)27-16)20-15-21(26-25-20)23(30)24-18-7-9-19(10-8-18)31-14-13-29-11-5-4-6-12-29/h7-10,20-21,25-26H,4-6,11-15H2,1-3H3,(H,24,30). The lowest BCUT2D eigenvalue weighted by Crippen LogP contribution is -2.39. The number of amides is 1. The van der Waals surface area contributed by atoms with E-state index in [9.17, 15) is 4.79 Å². The number of nitrogens with one attached hydrogen (secondary N) is 3. The second kappa shape index (κ2) is 9.80. The van der Waals surface area contributed by atoms with Crippen molar-refractivity contribution >= 4 is 11.6 Å². The van der Waals surface area contributed by atoms with Crippen LogP contribution in [0.4, 0.5) is 5.69 Å². The summed E-state index contributed by atoms with van der Waals surface area (Å²) in [5.74, 6) is 0.784. The molecule has 0 aliphatic carbocycles. The van der Waals surface area contributed by atoms with E-state index in [1.165, 1.54) is 32.4 Å². The molecule has 1 amide bonds. The Morgan fingerprint density at radius 2 is 1.90 bits per heavy atom. The van der Waals surface area contributed by atoms with Crippen LogP contribution in [0.5, 0.6) is 5.75 Å². The first-order chi connectivity index (χ1) is 15.0. The molecule has 1 aromatic carbocycles. The Kier molecular flexibility index (Phi) is 6.89. The van der Waals surface area contributed by atoms with Crippen LogP contribution >= 0.6 is 0 Å². The zero-order valence-corrected chi connectivity index (χ0v) is 18.8. The van der Waals surface area contributed by atoms with Gasteiger partial charge in [0.1, 0.15) is 18.4 Å². The van der Waals surface area contributed by atoms with E-state index in [0.717, 1.165) is 34.9 Å². The molecule has 31 heavy (non-hydrogen) atoms. The third-order valence-electron chi connectivity index (χ3n) is 6.38. The van der Waals surface area contributed by atoms with Crippen molar-refractivity contribution in [3.63, 3.8) is 0 Å². The summed E-state index contributed by atoms with van der Waals surface area (Å²) in [7, 11) is 1.94. The summed E-state index contributed by atoms with van der Waals surface area (Å²) >= 11 is 0. The van der Waals surface area contributed by atoms with Crippen molar-refractivity contribution in [3.05, 3.63) is 41.2 Å². The van der Waals surface area contributed by atoms with E-state index >= 15 is 0 Å². The van der Waals surface area contributed by atoms with E-state index in [0.29, 0.717) is 13.0 Å². The summed E-state index contributed by atoms with van der Waals surface area (Å²) in [6, 6.07) is 7.38. The Hall–Kier alpha value is -2.42. The van der Waals surface area contributed by atoms with Gasteiger partial charge >= 0.3 is 0 Å². The van der Waals surface area contributed by atoms with Gasteiger partial charge in [-0.3, -0.25) is 14.4 Å². The number of nitrogens with zero attached hydrogens (tertiary/aromatic N) is 3. The van der Waals surface area contributed by atoms with Crippen LogP contribution < -0.4 is 20.9 Å². The Bertz CT molecular complexity index is 888. The largest absolute Gasteiger partial charge is 0.492 e. The Morgan fingerprint density at radius 3 is 2.58 bits per heavy atom. The number of likely N-dealkylation sites (tertiary alicyclic amines) is 1. The van der Waals surface area contributed by atoms with E-state index in [1.807, 2.05) is 42.9 Å². The molecule has 2 unspecified atom stereocenters. The van der Waals surface area contributed by atoms with Crippen molar-refractivity contribution in [2.75, 3.05) is 31.6 Å². The fraction of sp³-hybridized carbons (Fsp3) is 0.565. The van der Waals surface area contributed by atoms with Crippen LogP contribution in [0.25, 0.3) is 0 Å². The van der Waals surface area contributed by atoms with Crippen LogP contribution in [0.15, 0.2) is 24.3 Å². The summed E-state index contributed by atoms with van der Waals surface area (Å²) in [6.45, 7) is 8.08. The topological polar surface area (TPSA) is 83.5 Å². The minimum atomic E-state index is -0.301. The van der Waals surface area contributed by atoms with Crippen LogP contribution in [0.3, 0.4) is 0 Å². The SMILES string of the molecule is Cc1nn(C)c(C)c1C1CC(C(=O)Nc2ccc(OCCN3CCCCC3)cc2)NN1. The number of carbonyl (C=O) groups is 1. The highest BCUT2D eigenvalue weighted by Gasteiger charge is 2.33. The van der Waals surface area contributed by atoms with Crippen LogP contribution in [0, 0.1) is 13.8 Å². The number of aromatic nitrogens is 2. The van der Waals surface area contributed by atoms with Gasteiger partial charge in [-0.15, -0.1) is 0 Å². The van der Waals surface area contributed by atoms with Gasteiger partial charge in [-0.25, -0.2) is 10.9 Å². The highest BCUT2D eigenvalue weighted by Crippen LogP contribution is 2.28. The van der Waals surface area contributed by atoms with Gasteiger partial charge < -0.3 is 10.1 Å². The molecule has 0 radical (unpaired) electrons. The monoisotopic (exact) mass is 426 g/mol. The molecule has 0 bridgehead atoms. The van der Waals surface area contributed by atoms with Gasteiger partial charge in [-0.1, -0.05) is 6.42 Å². The van der Waals surface area contributed by atoms with Gasteiger partial charge in [0.25, 0.3) is 0 Å². The van der Waals surface area contributed by atoms with Gasteiger partial charge in [-0.2, -0.15) is 5.10 Å². The molecule has 3 heterocycles. The molecule has 8 heteroatoms. The van der Waals surface area contributed by atoms with Crippen LogP contribution in [-0.2, 0) is 11.8 Å². The fourth-order valence-electron chi connectivity index (χ4n) is 4.55. The van der Waals surface area contributed by atoms with Gasteiger partial charge in [0.15, 0.2) is 0 Å².